The molecule has 0 aliphatic heterocycles. The van der Waals surface area contributed by atoms with E-state index in [2.05, 4.69) is 5.32 Å². The molecule has 1 amide bonds. The number of hydrogen-bond acceptors (Lipinski definition) is 1. The number of carbonyl (C=O) groups is 1. The predicted octanol–water partition coefficient (Wildman–Crippen LogP) is 3.03. The Bertz CT molecular complexity index is 475. The fraction of sp³-hybridized carbons (Fsp3) is 0.500. The van der Waals surface area contributed by atoms with Gasteiger partial charge in [-0.05, 0) is 36.3 Å². The lowest BCUT2D eigenvalue weighted by molar-refractivity contribution is -0.120. The number of hydrogen-bond donors (Lipinski definition) is 1. The lowest BCUT2D eigenvalue weighted by Crippen LogP contribution is -2.31. The van der Waals surface area contributed by atoms with Crippen LogP contribution < -0.4 is 5.32 Å². The third kappa shape index (κ3) is 3.90. The second-order valence-corrected chi connectivity index (χ2v) is 5.51. The van der Waals surface area contributed by atoms with Crippen molar-refractivity contribution in [2.24, 2.45) is 5.41 Å². The van der Waals surface area contributed by atoms with E-state index in [1.165, 1.54) is 6.07 Å². The topological polar surface area (TPSA) is 29.1 Å². The summed E-state index contributed by atoms with van der Waals surface area (Å²) in [6, 6.07) is 3.25. The minimum atomic E-state index is -0.683. The van der Waals surface area contributed by atoms with Gasteiger partial charge >= 0.3 is 0 Å². The van der Waals surface area contributed by atoms with Gasteiger partial charge in [0.2, 0.25) is 5.91 Å². The van der Waals surface area contributed by atoms with E-state index < -0.39 is 11.6 Å². The first-order valence-electron chi connectivity index (χ1n) is 6.31. The Morgan fingerprint density at radius 2 is 2.11 bits per heavy atom. The molecule has 1 N–H and O–H groups in total. The van der Waals surface area contributed by atoms with E-state index in [1.54, 1.807) is 0 Å². The molecule has 1 aliphatic carbocycles. The van der Waals surface area contributed by atoms with Crippen molar-refractivity contribution >= 4 is 17.5 Å². The summed E-state index contributed by atoms with van der Waals surface area (Å²) in [4.78, 5) is 11.7. The smallest absolute Gasteiger partial charge is 0.224 e. The zero-order chi connectivity index (χ0) is 13.9. The quantitative estimate of drug-likeness (QED) is 0.801. The zero-order valence-corrected chi connectivity index (χ0v) is 11.3. The van der Waals surface area contributed by atoms with E-state index in [0.717, 1.165) is 31.4 Å². The van der Waals surface area contributed by atoms with Gasteiger partial charge < -0.3 is 5.32 Å². The van der Waals surface area contributed by atoms with Crippen molar-refractivity contribution < 1.29 is 13.6 Å². The number of halogens is 3. The van der Waals surface area contributed by atoms with E-state index >= 15 is 0 Å². The van der Waals surface area contributed by atoms with Gasteiger partial charge in [0, 0.05) is 18.5 Å². The van der Waals surface area contributed by atoms with Crippen LogP contribution in [0.4, 0.5) is 8.78 Å². The Hall–Kier alpha value is -1.16. The molecule has 2 nitrogen and oxygen atoms in total. The highest BCUT2D eigenvalue weighted by atomic mass is 35.5. The van der Waals surface area contributed by atoms with Crippen LogP contribution in [0.3, 0.4) is 0 Å². The minimum Gasteiger partial charge on any atom is -0.355 e. The van der Waals surface area contributed by atoms with Crippen molar-refractivity contribution in [1.82, 2.24) is 5.32 Å². The molecule has 0 atom stereocenters. The molecule has 0 unspecified atom stereocenters. The molecule has 1 aliphatic rings. The second kappa shape index (κ2) is 5.87. The molecule has 0 bridgehead atoms. The summed E-state index contributed by atoms with van der Waals surface area (Å²) < 4.78 is 26.1. The van der Waals surface area contributed by atoms with Crippen LogP contribution in [0.1, 0.15) is 24.8 Å². The van der Waals surface area contributed by atoms with Crippen LogP contribution >= 0.6 is 11.6 Å². The molecule has 19 heavy (non-hydrogen) atoms. The molecule has 0 saturated heterocycles. The summed E-state index contributed by atoms with van der Waals surface area (Å²) in [5.41, 5.74) is 0.361. The normalized spacial score (nSPS) is 16.2. The first kappa shape index (κ1) is 14.3. The van der Waals surface area contributed by atoms with Crippen LogP contribution in [0.15, 0.2) is 18.2 Å². The number of alkyl halides is 1. The molecular formula is C14H16ClF2NO. The first-order chi connectivity index (χ1) is 9.04. The largest absolute Gasteiger partial charge is 0.355 e. The SMILES string of the molecule is O=C(Cc1ccc(F)cc1F)NCC1(CCCl)CC1. The van der Waals surface area contributed by atoms with Crippen molar-refractivity contribution in [3.63, 3.8) is 0 Å². The van der Waals surface area contributed by atoms with E-state index in [0.29, 0.717) is 12.4 Å². The zero-order valence-electron chi connectivity index (χ0n) is 10.5. The van der Waals surface area contributed by atoms with Crippen molar-refractivity contribution in [3.8, 4) is 0 Å². The Balaban J connectivity index is 1.84. The number of benzene rings is 1. The van der Waals surface area contributed by atoms with Gasteiger partial charge in [-0.15, -0.1) is 11.6 Å². The van der Waals surface area contributed by atoms with Crippen LogP contribution in [0.2, 0.25) is 0 Å². The third-order valence-corrected chi connectivity index (χ3v) is 3.80. The van der Waals surface area contributed by atoms with Gasteiger partial charge in [-0.25, -0.2) is 8.78 Å². The summed E-state index contributed by atoms with van der Waals surface area (Å²) >= 11 is 5.71. The lowest BCUT2D eigenvalue weighted by Gasteiger charge is -2.14. The maximum absolute atomic E-state index is 13.4. The van der Waals surface area contributed by atoms with Gasteiger partial charge in [-0.2, -0.15) is 0 Å². The van der Waals surface area contributed by atoms with Crippen LogP contribution in [-0.4, -0.2) is 18.3 Å². The van der Waals surface area contributed by atoms with E-state index in [9.17, 15) is 13.6 Å². The highest BCUT2D eigenvalue weighted by Crippen LogP contribution is 2.48. The second-order valence-electron chi connectivity index (χ2n) is 5.13. The van der Waals surface area contributed by atoms with Crippen LogP contribution in [-0.2, 0) is 11.2 Å². The van der Waals surface area contributed by atoms with Crippen molar-refractivity contribution in [3.05, 3.63) is 35.4 Å². The van der Waals surface area contributed by atoms with E-state index in [1.807, 2.05) is 0 Å². The van der Waals surface area contributed by atoms with Gasteiger partial charge in [0.15, 0.2) is 0 Å². The molecule has 5 heteroatoms. The molecule has 1 fully saturated rings. The average molecular weight is 288 g/mol. The monoisotopic (exact) mass is 287 g/mol. The van der Waals surface area contributed by atoms with Crippen LogP contribution in [0.25, 0.3) is 0 Å². The summed E-state index contributed by atoms with van der Waals surface area (Å²) in [5, 5.41) is 2.80. The standard InChI is InChI=1S/C14H16ClF2NO/c15-6-5-14(3-4-14)9-18-13(19)7-10-1-2-11(16)8-12(10)17/h1-2,8H,3-7,9H2,(H,18,19). The maximum atomic E-state index is 13.4. The molecule has 0 spiro atoms. The van der Waals surface area contributed by atoms with Gasteiger partial charge in [-0.3, -0.25) is 4.79 Å². The first-order valence-corrected chi connectivity index (χ1v) is 6.85. The minimum absolute atomic E-state index is 0.0664. The number of carbonyl (C=O) groups excluding carboxylic acids is 1. The molecule has 2 rings (SSSR count). The molecule has 104 valence electrons. The average Bonchev–Trinajstić information content (AvgIpc) is 3.11. The predicted molar refractivity (Wildman–Crippen MR) is 70.1 cm³/mol. The van der Waals surface area contributed by atoms with E-state index in [-0.39, 0.29) is 23.3 Å². The molecule has 0 aromatic heterocycles. The molecule has 1 aromatic rings. The molecule has 1 aromatic carbocycles. The molecule has 0 radical (unpaired) electrons. The molecular weight excluding hydrogens is 272 g/mol. The summed E-state index contributed by atoms with van der Waals surface area (Å²) in [7, 11) is 0. The summed E-state index contributed by atoms with van der Waals surface area (Å²) in [6.45, 7) is 0.585. The number of rotatable bonds is 6. The fourth-order valence-electron chi connectivity index (χ4n) is 2.08. The lowest BCUT2D eigenvalue weighted by atomic mass is 10.0. The summed E-state index contributed by atoms with van der Waals surface area (Å²) in [5.74, 6) is -0.980. The Morgan fingerprint density at radius 1 is 1.37 bits per heavy atom. The van der Waals surface area contributed by atoms with Crippen LogP contribution in [0.5, 0.6) is 0 Å². The summed E-state index contributed by atoms with van der Waals surface area (Å²) in [6.07, 6.45) is 2.97. The maximum Gasteiger partial charge on any atom is 0.224 e. The van der Waals surface area contributed by atoms with Crippen molar-refractivity contribution in [2.45, 2.75) is 25.7 Å². The van der Waals surface area contributed by atoms with Gasteiger partial charge in [0.1, 0.15) is 11.6 Å². The Labute approximate surface area is 116 Å². The molecule has 0 heterocycles. The molecule has 1 saturated carbocycles. The van der Waals surface area contributed by atoms with Crippen LogP contribution in [0, 0.1) is 17.0 Å². The highest BCUT2D eigenvalue weighted by Gasteiger charge is 2.41. The Kier molecular flexibility index (Phi) is 4.40. The highest BCUT2D eigenvalue weighted by molar-refractivity contribution is 6.17. The van der Waals surface area contributed by atoms with Crippen molar-refractivity contribution in [2.75, 3.05) is 12.4 Å². The number of nitrogens with one attached hydrogen (secondary N) is 1. The number of amides is 1. The fourth-order valence-corrected chi connectivity index (χ4v) is 2.48. The third-order valence-electron chi connectivity index (χ3n) is 3.61. The van der Waals surface area contributed by atoms with Gasteiger partial charge in [-0.1, -0.05) is 6.07 Å². The van der Waals surface area contributed by atoms with Crippen molar-refractivity contribution in [1.29, 1.82) is 0 Å². The van der Waals surface area contributed by atoms with Gasteiger partial charge in [0.25, 0.3) is 0 Å². The Morgan fingerprint density at radius 3 is 2.68 bits per heavy atom. The van der Waals surface area contributed by atoms with Gasteiger partial charge in [0.05, 0.1) is 6.42 Å². The van der Waals surface area contributed by atoms with E-state index in [4.69, 9.17) is 11.6 Å².